The summed E-state index contributed by atoms with van der Waals surface area (Å²) in [5.41, 5.74) is 0.552. The third kappa shape index (κ3) is 2.49. The van der Waals surface area contributed by atoms with Crippen molar-refractivity contribution >= 4 is 0 Å². The third-order valence-electron chi connectivity index (χ3n) is 2.54. The second-order valence-corrected chi connectivity index (χ2v) is 3.76. The van der Waals surface area contributed by atoms with Crippen LogP contribution >= 0.6 is 0 Å². The molecule has 0 radical (unpaired) electrons. The average molecular weight is 166 g/mol. The predicted octanol–water partition coefficient (Wildman–Crippen LogP) is 2.81. The first-order valence-corrected chi connectivity index (χ1v) is 4.70. The first kappa shape index (κ1) is 9.53. The molecule has 1 aliphatic carbocycles. The molecule has 0 aromatic heterocycles. The molecule has 1 rings (SSSR count). The van der Waals surface area contributed by atoms with Crippen LogP contribution in [0, 0.1) is 0 Å². The van der Waals surface area contributed by atoms with Gasteiger partial charge in [-0.2, -0.15) is 0 Å². The second kappa shape index (κ2) is 3.90. The summed E-state index contributed by atoms with van der Waals surface area (Å²) < 4.78 is 0. The molecule has 68 valence electrons. The van der Waals surface area contributed by atoms with Crippen molar-refractivity contribution in [3.8, 4) is 0 Å². The van der Waals surface area contributed by atoms with Gasteiger partial charge in [0.25, 0.3) is 0 Å². The van der Waals surface area contributed by atoms with Gasteiger partial charge in [0, 0.05) is 0 Å². The molecule has 0 unspecified atom stereocenters. The lowest BCUT2D eigenvalue weighted by molar-refractivity contribution is 0.0508. The van der Waals surface area contributed by atoms with E-state index in [0.717, 1.165) is 31.3 Å². The molecule has 0 aliphatic heterocycles. The summed E-state index contributed by atoms with van der Waals surface area (Å²) in [5, 5.41) is 10.0. The number of allylic oxidation sites excluding steroid dienone is 2. The normalized spacial score (nSPS) is 23.7. The van der Waals surface area contributed by atoms with Crippen molar-refractivity contribution in [2.45, 2.75) is 44.6 Å². The molecule has 1 nitrogen and oxygen atoms in total. The second-order valence-electron chi connectivity index (χ2n) is 3.76. The SMILES string of the molecule is C=CC(C)=CC1(O)CCCCC1. The minimum Gasteiger partial charge on any atom is -0.386 e. The minimum absolute atomic E-state index is 0.531. The Labute approximate surface area is 74.8 Å². The lowest BCUT2D eigenvalue weighted by atomic mass is 9.84. The minimum atomic E-state index is -0.531. The van der Waals surface area contributed by atoms with Gasteiger partial charge in [0.15, 0.2) is 0 Å². The van der Waals surface area contributed by atoms with Crippen LogP contribution in [0.3, 0.4) is 0 Å². The molecule has 0 bridgehead atoms. The van der Waals surface area contributed by atoms with Crippen molar-refractivity contribution in [3.05, 3.63) is 24.3 Å². The Kier molecular flexibility index (Phi) is 3.10. The van der Waals surface area contributed by atoms with Crippen LogP contribution in [0.4, 0.5) is 0 Å². The molecule has 1 N–H and O–H groups in total. The summed E-state index contributed by atoms with van der Waals surface area (Å²) in [6.07, 6.45) is 9.15. The van der Waals surface area contributed by atoms with Crippen LogP contribution in [-0.4, -0.2) is 10.7 Å². The van der Waals surface area contributed by atoms with Crippen LogP contribution in [0.5, 0.6) is 0 Å². The zero-order valence-electron chi connectivity index (χ0n) is 7.84. The first-order valence-electron chi connectivity index (χ1n) is 4.70. The monoisotopic (exact) mass is 166 g/mol. The maximum Gasteiger partial charge on any atom is 0.0833 e. The number of hydrogen-bond acceptors (Lipinski definition) is 1. The number of rotatable bonds is 2. The van der Waals surface area contributed by atoms with E-state index in [9.17, 15) is 5.11 Å². The van der Waals surface area contributed by atoms with Gasteiger partial charge >= 0.3 is 0 Å². The topological polar surface area (TPSA) is 20.2 Å². The summed E-state index contributed by atoms with van der Waals surface area (Å²) in [6, 6.07) is 0. The van der Waals surface area contributed by atoms with Crippen molar-refractivity contribution < 1.29 is 5.11 Å². The van der Waals surface area contributed by atoms with E-state index in [1.807, 2.05) is 13.0 Å². The van der Waals surface area contributed by atoms with Crippen LogP contribution in [0.15, 0.2) is 24.3 Å². The smallest absolute Gasteiger partial charge is 0.0833 e. The van der Waals surface area contributed by atoms with Gasteiger partial charge in [-0.25, -0.2) is 0 Å². The van der Waals surface area contributed by atoms with E-state index in [4.69, 9.17) is 0 Å². The predicted molar refractivity (Wildman–Crippen MR) is 52.0 cm³/mol. The van der Waals surface area contributed by atoms with E-state index in [1.165, 1.54) is 6.42 Å². The Morgan fingerprint density at radius 3 is 2.42 bits per heavy atom. The molecule has 0 heterocycles. The van der Waals surface area contributed by atoms with Gasteiger partial charge in [-0.1, -0.05) is 43.6 Å². The standard InChI is InChI=1S/C11H18O/c1-3-10(2)9-11(12)7-5-4-6-8-11/h3,9,12H,1,4-8H2,2H3. The van der Waals surface area contributed by atoms with Gasteiger partial charge in [-0.05, 0) is 19.8 Å². The van der Waals surface area contributed by atoms with Crippen molar-refractivity contribution in [1.82, 2.24) is 0 Å². The fourth-order valence-corrected chi connectivity index (χ4v) is 1.79. The molecule has 0 atom stereocenters. The largest absolute Gasteiger partial charge is 0.386 e. The molecule has 1 heteroatoms. The van der Waals surface area contributed by atoms with Gasteiger partial charge in [0.2, 0.25) is 0 Å². The van der Waals surface area contributed by atoms with E-state index in [0.29, 0.717) is 0 Å². The van der Waals surface area contributed by atoms with E-state index >= 15 is 0 Å². The van der Waals surface area contributed by atoms with E-state index in [1.54, 1.807) is 6.08 Å². The quantitative estimate of drug-likeness (QED) is 0.625. The lowest BCUT2D eigenvalue weighted by Crippen LogP contribution is -2.28. The fraction of sp³-hybridized carbons (Fsp3) is 0.636. The summed E-state index contributed by atoms with van der Waals surface area (Å²) in [5.74, 6) is 0. The Morgan fingerprint density at radius 2 is 1.92 bits per heavy atom. The average Bonchev–Trinajstić information content (AvgIpc) is 2.05. The Hall–Kier alpha value is -0.560. The molecule has 1 aliphatic rings. The van der Waals surface area contributed by atoms with Crippen LogP contribution in [0.2, 0.25) is 0 Å². The van der Waals surface area contributed by atoms with Gasteiger partial charge in [0.05, 0.1) is 5.60 Å². The van der Waals surface area contributed by atoms with E-state index < -0.39 is 5.60 Å². The maximum absolute atomic E-state index is 10.0. The van der Waals surface area contributed by atoms with Crippen LogP contribution in [0.25, 0.3) is 0 Å². The number of aliphatic hydroxyl groups is 1. The summed E-state index contributed by atoms with van der Waals surface area (Å²) >= 11 is 0. The molecule has 0 aromatic carbocycles. The highest BCUT2D eigenvalue weighted by Crippen LogP contribution is 2.29. The third-order valence-corrected chi connectivity index (χ3v) is 2.54. The summed E-state index contributed by atoms with van der Waals surface area (Å²) in [6.45, 7) is 5.66. The van der Waals surface area contributed by atoms with Gasteiger partial charge in [-0.3, -0.25) is 0 Å². The molecular formula is C11H18O. The molecule has 12 heavy (non-hydrogen) atoms. The molecule has 0 aromatic rings. The van der Waals surface area contributed by atoms with Crippen LogP contribution in [0.1, 0.15) is 39.0 Å². The zero-order valence-corrected chi connectivity index (χ0v) is 7.84. The van der Waals surface area contributed by atoms with Crippen molar-refractivity contribution in [3.63, 3.8) is 0 Å². The van der Waals surface area contributed by atoms with Crippen molar-refractivity contribution in [2.75, 3.05) is 0 Å². The summed E-state index contributed by atoms with van der Waals surface area (Å²) in [7, 11) is 0. The highest BCUT2D eigenvalue weighted by atomic mass is 16.3. The zero-order chi connectivity index (χ0) is 9.03. The Bertz CT molecular complexity index is 185. The van der Waals surface area contributed by atoms with Crippen molar-refractivity contribution in [2.24, 2.45) is 0 Å². The Balaban J connectivity index is 2.63. The molecular weight excluding hydrogens is 148 g/mol. The maximum atomic E-state index is 10.0. The molecule has 0 amide bonds. The van der Waals surface area contributed by atoms with Gasteiger partial charge in [0.1, 0.15) is 0 Å². The summed E-state index contributed by atoms with van der Waals surface area (Å²) in [4.78, 5) is 0. The highest BCUT2D eigenvalue weighted by Gasteiger charge is 2.26. The first-order chi connectivity index (χ1) is 5.66. The highest BCUT2D eigenvalue weighted by molar-refractivity contribution is 5.18. The van der Waals surface area contributed by atoms with Crippen LogP contribution < -0.4 is 0 Å². The van der Waals surface area contributed by atoms with E-state index in [2.05, 4.69) is 6.58 Å². The van der Waals surface area contributed by atoms with Gasteiger partial charge in [-0.15, -0.1) is 0 Å². The number of hydrogen-bond donors (Lipinski definition) is 1. The Morgan fingerprint density at radius 1 is 1.33 bits per heavy atom. The van der Waals surface area contributed by atoms with Crippen LogP contribution in [-0.2, 0) is 0 Å². The van der Waals surface area contributed by atoms with E-state index in [-0.39, 0.29) is 0 Å². The molecule has 0 spiro atoms. The molecule has 1 fully saturated rings. The molecule has 1 saturated carbocycles. The van der Waals surface area contributed by atoms with Crippen molar-refractivity contribution in [1.29, 1.82) is 0 Å². The fourth-order valence-electron chi connectivity index (χ4n) is 1.79. The van der Waals surface area contributed by atoms with Gasteiger partial charge < -0.3 is 5.11 Å². The lowest BCUT2D eigenvalue weighted by Gasteiger charge is -2.29. The molecule has 0 saturated heterocycles.